The maximum absolute atomic E-state index is 12.7. The third-order valence-corrected chi connectivity index (χ3v) is 5.07. The van der Waals surface area contributed by atoms with Crippen molar-refractivity contribution in [2.24, 2.45) is 0 Å². The molecule has 7 heteroatoms. The minimum absolute atomic E-state index is 0.0399. The van der Waals surface area contributed by atoms with Gasteiger partial charge in [-0.15, -0.1) is 0 Å². The topological polar surface area (TPSA) is 46.2 Å². The normalized spacial score (nSPS) is 23.6. The van der Waals surface area contributed by atoms with Crippen molar-refractivity contribution in [3.8, 4) is 0 Å². The lowest BCUT2D eigenvalue weighted by Gasteiger charge is -2.24. The average molecular weight is 307 g/mol. The van der Waals surface area contributed by atoms with E-state index in [0.717, 1.165) is 0 Å². The molecule has 1 N–H and O–H groups in total. The molecule has 2 unspecified atom stereocenters. The Morgan fingerprint density at radius 1 is 1.25 bits per heavy atom. The molecule has 2 atom stereocenters. The summed E-state index contributed by atoms with van der Waals surface area (Å²) in [6.45, 7) is 0. The summed E-state index contributed by atoms with van der Waals surface area (Å²) < 4.78 is 60.7. The number of hydrogen-bond acceptors (Lipinski definition) is 3. The molecular weight excluding hydrogens is 291 g/mol. The highest BCUT2D eigenvalue weighted by atomic mass is 32.2. The molecule has 0 radical (unpaired) electrons. The predicted molar refractivity (Wildman–Crippen MR) is 70.0 cm³/mol. The molecule has 3 nitrogen and oxygen atoms in total. The van der Waals surface area contributed by atoms with Gasteiger partial charge in [0.15, 0.2) is 9.84 Å². The summed E-state index contributed by atoms with van der Waals surface area (Å²) >= 11 is 0. The van der Waals surface area contributed by atoms with Gasteiger partial charge in [0.25, 0.3) is 0 Å². The molecule has 1 saturated heterocycles. The van der Waals surface area contributed by atoms with Gasteiger partial charge in [0.1, 0.15) is 0 Å². The molecule has 1 aliphatic rings. The molecule has 0 amide bonds. The SMILES string of the molecule is O=S1(=O)CCC(NC(CC(F)(F)F)c2ccccc2)C1. The van der Waals surface area contributed by atoms with Crippen LogP contribution in [0.25, 0.3) is 0 Å². The molecule has 0 bridgehead atoms. The molecule has 2 rings (SSSR count). The fourth-order valence-electron chi connectivity index (χ4n) is 2.40. The summed E-state index contributed by atoms with van der Waals surface area (Å²) in [5.74, 6) is -0.0492. The molecular formula is C13H16F3NO2S. The van der Waals surface area contributed by atoms with Crippen LogP contribution in [0.5, 0.6) is 0 Å². The fourth-order valence-corrected chi connectivity index (χ4v) is 4.09. The maximum Gasteiger partial charge on any atom is 0.390 e. The van der Waals surface area contributed by atoms with Crippen LogP contribution in [-0.4, -0.2) is 32.1 Å². The Balaban J connectivity index is 2.11. The van der Waals surface area contributed by atoms with Crippen LogP contribution in [0.3, 0.4) is 0 Å². The Labute approximate surface area is 116 Å². The van der Waals surface area contributed by atoms with Crippen molar-refractivity contribution in [1.82, 2.24) is 5.32 Å². The largest absolute Gasteiger partial charge is 0.390 e. The van der Waals surface area contributed by atoms with Gasteiger partial charge in [0.05, 0.1) is 17.9 Å². The van der Waals surface area contributed by atoms with E-state index < -0.39 is 34.5 Å². The molecule has 1 heterocycles. The summed E-state index contributed by atoms with van der Waals surface area (Å²) in [6, 6.07) is 6.99. The highest BCUT2D eigenvalue weighted by molar-refractivity contribution is 7.91. The van der Waals surface area contributed by atoms with Crippen molar-refractivity contribution in [3.05, 3.63) is 35.9 Å². The second kappa shape index (κ2) is 5.73. The molecule has 1 aliphatic heterocycles. The second-order valence-electron chi connectivity index (χ2n) is 5.05. The summed E-state index contributed by atoms with van der Waals surface area (Å²) in [5, 5.41) is 2.85. The van der Waals surface area contributed by atoms with Crippen LogP contribution in [-0.2, 0) is 9.84 Å². The predicted octanol–water partition coefficient (Wildman–Crippen LogP) is 2.46. The second-order valence-corrected chi connectivity index (χ2v) is 7.28. The van der Waals surface area contributed by atoms with E-state index in [4.69, 9.17) is 0 Å². The van der Waals surface area contributed by atoms with Crippen LogP contribution >= 0.6 is 0 Å². The fraction of sp³-hybridized carbons (Fsp3) is 0.538. The van der Waals surface area contributed by atoms with Crippen LogP contribution in [0, 0.1) is 0 Å². The van der Waals surface area contributed by atoms with Gasteiger partial charge in [0.2, 0.25) is 0 Å². The van der Waals surface area contributed by atoms with Gasteiger partial charge in [0, 0.05) is 12.1 Å². The van der Waals surface area contributed by atoms with Crippen molar-refractivity contribution in [2.75, 3.05) is 11.5 Å². The summed E-state index contributed by atoms with van der Waals surface area (Å²) in [5.41, 5.74) is 0.522. The number of sulfone groups is 1. The highest BCUT2D eigenvalue weighted by Gasteiger charge is 2.36. The van der Waals surface area contributed by atoms with E-state index >= 15 is 0 Å². The molecule has 1 aromatic rings. The maximum atomic E-state index is 12.7. The minimum Gasteiger partial charge on any atom is -0.306 e. The number of halogens is 3. The molecule has 112 valence electrons. The van der Waals surface area contributed by atoms with E-state index in [1.165, 1.54) is 0 Å². The standard InChI is InChI=1S/C13H16F3NO2S/c14-13(15,16)8-12(10-4-2-1-3-5-10)17-11-6-7-20(18,19)9-11/h1-5,11-12,17H,6-9H2. The number of benzene rings is 1. The van der Waals surface area contributed by atoms with E-state index in [2.05, 4.69) is 5.32 Å². The zero-order valence-electron chi connectivity index (χ0n) is 10.7. The number of alkyl halides is 3. The first kappa shape index (κ1) is 15.3. The lowest BCUT2D eigenvalue weighted by molar-refractivity contribution is -0.140. The van der Waals surface area contributed by atoms with Crippen LogP contribution in [0.15, 0.2) is 30.3 Å². The molecule has 0 saturated carbocycles. The Morgan fingerprint density at radius 2 is 1.90 bits per heavy atom. The van der Waals surface area contributed by atoms with Crippen molar-refractivity contribution >= 4 is 9.84 Å². The van der Waals surface area contributed by atoms with Crippen LogP contribution in [0.2, 0.25) is 0 Å². The molecule has 0 spiro atoms. The van der Waals surface area contributed by atoms with Gasteiger partial charge in [-0.25, -0.2) is 8.42 Å². The third kappa shape index (κ3) is 4.49. The van der Waals surface area contributed by atoms with Gasteiger partial charge in [-0.1, -0.05) is 30.3 Å². The Kier molecular flexibility index (Phi) is 4.39. The van der Waals surface area contributed by atoms with E-state index in [9.17, 15) is 21.6 Å². The summed E-state index contributed by atoms with van der Waals surface area (Å²) in [6.07, 6.45) is -4.94. The first-order chi connectivity index (χ1) is 9.25. The summed E-state index contributed by atoms with van der Waals surface area (Å²) in [4.78, 5) is 0. The van der Waals surface area contributed by atoms with Gasteiger partial charge in [-0.05, 0) is 12.0 Å². The molecule has 0 aromatic heterocycles. The monoisotopic (exact) mass is 307 g/mol. The molecule has 1 aromatic carbocycles. The Bertz CT molecular complexity index is 542. The van der Waals surface area contributed by atoms with Crippen LogP contribution < -0.4 is 5.32 Å². The smallest absolute Gasteiger partial charge is 0.306 e. The summed E-state index contributed by atoms with van der Waals surface area (Å²) in [7, 11) is -3.11. The average Bonchev–Trinajstić information content (AvgIpc) is 2.67. The van der Waals surface area contributed by atoms with E-state index in [1.807, 2.05) is 0 Å². The lowest BCUT2D eigenvalue weighted by atomic mass is 10.0. The first-order valence-electron chi connectivity index (χ1n) is 6.33. The Hall–Kier alpha value is -1.08. The van der Waals surface area contributed by atoms with Crippen LogP contribution in [0.4, 0.5) is 13.2 Å². The van der Waals surface area contributed by atoms with Crippen LogP contribution in [0.1, 0.15) is 24.4 Å². The first-order valence-corrected chi connectivity index (χ1v) is 8.15. The van der Waals surface area contributed by atoms with E-state index in [-0.39, 0.29) is 11.5 Å². The molecule has 1 fully saturated rings. The van der Waals surface area contributed by atoms with Crippen molar-refractivity contribution in [2.45, 2.75) is 31.1 Å². The molecule has 20 heavy (non-hydrogen) atoms. The zero-order valence-corrected chi connectivity index (χ0v) is 11.5. The quantitative estimate of drug-likeness (QED) is 0.929. The zero-order chi connectivity index (χ0) is 14.8. The number of rotatable bonds is 4. The Morgan fingerprint density at radius 3 is 2.40 bits per heavy atom. The number of hydrogen-bond donors (Lipinski definition) is 1. The number of nitrogens with one attached hydrogen (secondary N) is 1. The van der Waals surface area contributed by atoms with Crippen molar-refractivity contribution in [1.29, 1.82) is 0 Å². The molecule has 0 aliphatic carbocycles. The minimum atomic E-state index is -4.30. The van der Waals surface area contributed by atoms with Gasteiger partial charge < -0.3 is 5.32 Å². The van der Waals surface area contributed by atoms with Crippen molar-refractivity contribution < 1.29 is 21.6 Å². The van der Waals surface area contributed by atoms with Crippen molar-refractivity contribution in [3.63, 3.8) is 0 Å². The van der Waals surface area contributed by atoms with E-state index in [1.54, 1.807) is 30.3 Å². The van der Waals surface area contributed by atoms with Gasteiger partial charge in [-0.3, -0.25) is 0 Å². The van der Waals surface area contributed by atoms with Gasteiger partial charge in [-0.2, -0.15) is 13.2 Å². The third-order valence-electron chi connectivity index (χ3n) is 3.31. The van der Waals surface area contributed by atoms with E-state index in [0.29, 0.717) is 12.0 Å². The highest BCUT2D eigenvalue weighted by Crippen LogP contribution is 2.30. The lowest BCUT2D eigenvalue weighted by Crippen LogP contribution is -2.36. The van der Waals surface area contributed by atoms with Gasteiger partial charge >= 0.3 is 6.18 Å².